The number of pyridine rings is 1. The van der Waals surface area contributed by atoms with Crippen molar-refractivity contribution in [1.82, 2.24) is 4.98 Å². The molecule has 4 aromatic rings. The van der Waals surface area contributed by atoms with Crippen LogP contribution in [0.25, 0.3) is 11.1 Å². The van der Waals surface area contributed by atoms with Crippen LogP contribution in [0.3, 0.4) is 0 Å². The molecule has 0 amide bonds. The number of carboxylic acid groups (broad SMARTS) is 1. The largest absolute Gasteiger partial charge is 0.493 e. The number of carboxylic acids is 1. The van der Waals surface area contributed by atoms with Crippen molar-refractivity contribution in [3.63, 3.8) is 0 Å². The van der Waals surface area contributed by atoms with Gasteiger partial charge in [-0.2, -0.15) is 0 Å². The summed E-state index contributed by atoms with van der Waals surface area (Å²) in [6, 6.07) is 21.5. The molecule has 0 spiro atoms. The monoisotopic (exact) mass is 690 g/mol. The molecule has 2 N–H and O–H groups in total. The molecule has 0 radical (unpaired) electrons. The SMILES string of the molecule is CC(C)(C)O.Cc1nc(COc2cccc(Cl)c2)c(-c2ccc(OCCc3ccc(F)cc3)cc2)c(N2CCC(C)(C)CC2)c1CC(=O)O. The Balaban J connectivity index is 0.00000101. The fourth-order valence-electron chi connectivity index (χ4n) is 5.60. The topological polar surface area (TPSA) is 92.1 Å². The van der Waals surface area contributed by atoms with E-state index in [0.717, 1.165) is 59.6 Å². The molecule has 0 bridgehead atoms. The molecule has 5 rings (SSSR count). The van der Waals surface area contributed by atoms with Crippen molar-refractivity contribution in [2.24, 2.45) is 5.41 Å². The van der Waals surface area contributed by atoms with Crippen LogP contribution in [-0.2, 0) is 24.2 Å². The molecule has 0 unspecified atom stereocenters. The lowest BCUT2D eigenvalue weighted by Gasteiger charge is -2.40. The number of hydrogen-bond acceptors (Lipinski definition) is 6. The summed E-state index contributed by atoms with van der Waals surface area (Å²) in [4.78, 5) is 19.3. The second-order valence-electron chi connectivity index (χ2n) is 14.2. The molecule has 262 valence electrons. The van der Waals surface area contributed by atoms with Gasteiger partial charge in [-0.05, 0) is 99.5 Å². The predicted molar refractivity (Wildman–Crippen MR) is 194 cm³/mol. The maximum atomic E-state index is 13.2. The molecule has 9 heteroatoms. The van der Waals surface area contributed by atoms with E-state index in [9.17, 15) is 14.3 Å². The highest BCUT2D eigenvalue weighted by molar-refractivity contribution is 6.30. The quantitative estimate of drug-likeness (QED) is 0.162. The number of carbonyl (C=O) groups is 1. The number of aromatic nitrogens is 1. The third kappa shape index (κ3) is 11.8. The van der Waals surface area contributed by atoms with Crippen LogP contribution in [0.5, 0.6) is 11.5 Å². The van der Waals surface area contributed by atoms with E-state index in [4.69, 9.17) is 31.2 Å². The molecular formula is C40H48ClFN2O5. The zero-order valence-corrected chi connectivity index (χ0v) is 30.1. The lowest BCUT2D eigenvalue weighted by Crippen LogP contribution is -2.38. The van der Waals surface area contributed by atoms with Crippen LogP contribution in [0, 0.1) is 18.2 Å². The van der Waals surface area contributed by atoms with Gasteiger partial charge in [0.2, 0.25) is 0 Å². The normalized spacial score (nSPS) is 14.1. The molecule has 1 saturated heterocycles. The molecule has 7 nitrogen and oxygen atoms in total. The summed E-state index contributed by atoms with van der Waals surface area (Å²) in [5, 5.41) is 19.0. The van der Waals surface area contributed by atoms with Gasteiger partial charge in [0.25, 0.3) is 0 Å². The minimum absolute atomic E-state index is 0.124. The van der Waals surface area contributed by atoms with Crippen LogP contribution < -0.4 is 14.4 Å². The van der Waals surface area contributed by atoms with Gasteiger partial charge in [-0.25, -0.2) is 4.39 Å². The van der Waals surface area contributed by atoms with Crippen molar-refractivity contribution >= 4 is 23.3 Å². The number of hydrogen-bond donors (Lipinski definition) is 2. The number of aliphatic hydroxyl groups is 1. The number of nitrogens with zero attached hydrogens (tertiary/aromatic N) is 2. The first-order chi connectivity index (χ1) is 23.1. The maximum Gasteiger partial charge on any atom is 0.307 e. The zero-order chi connectivity index (χ0) is 35.8. The first-order valence-corrected chi connectivity index (χ1v) is 17.0. The molecule has 1 aromatic heterocycles. The van der Waals surface area contributed by atoms with Gasteiger partial charge >= 0.3 is 5.97 Å². The summed E-state index contributed by atoms with van der Waals surface area (Å²) in [5.74, 6) is 0.183. The van der Waals surface area contributed by atoms with Crippen LogP contribution in [-0.4, -0.2) is 46.5 Å². The van der Waals surface area contributed by atoms with E-state index in [0.29, 0.717) is 35.2 Å². The van der Waals surface area contributed by atoms with Crippen molar-refractivity contribution in [1.29, 1.82) is 0 Å². The van der Waals surface area contributed by atoms with Crippen molar-refractivity contribution in [2.45, 2.75) is 79.4 Å². The van der Waals surface area contributed by atoms with Gasteiger partial charge in [-0.15, -0.1) is 0 Å². The highest BCUT2D eigenvalue weighted by Gasteiger charge is 2.31. The predicted octanol–water partition coefficient (Wildman–Crippen LogP) is 9.08. The third-order valence-corrected chi connectivity index (χ3v) is 8.43. The second kappa shape index (κ2) is 16.5. The van der Waals surface area contributed by atoms with Crippen LogP contribution in [0.4, 0.5) is 10.1 Å². The molecule has 1 fully saturated rings. The van der Waals surface area contributed by atoms with E-state index in [1.54, 1.807) is 45.0 Å². The first kappa shape index (κ1) is 37.7. The van der Waals surface area contributed by atoms with Gasteiger partial charge in [-0.1, -0.05) is 55.8 Å². The highest BCUT2D eigenvalue weighted by atomic mass is 35.5. The average molecular weight is 691 g/mol. The summed E-state index contributed by atoms with van der Waals surface area (Å²) in [6.45, 7) is 13.9. The van der Waals surface area contributed by atoms with Crippen molar-refractivity contribution in [2.75, 3.05) is 24.6 Å². The number of piperidine rings is 1. The number of aryl methyl sites for hydroxylation is 1. The van der Waals surface area contributed by atoms with Crippen LogP contribution in [0.15, 0.2) is 72.8 Å². The molecule has 3 aromatic carbocycles. The molecule has 49 heavy (non-hydrogen) atoms. The Bertz CT molecular complexity index is 1690. The molecule has 0 saturated carbocycles. The average Bonchev–Trinajstić information content (AvgIpc) is 3.02. The fraction of sp³-hybridized carbons (Fsp3) is 0.400. The lowest BCUT2D eigenvalue weighted by atomic mass is 9.82. The fourth-order valence-corrected chi connectivity index (χ4v) is 5.78. The third-order valence-electron chi connectivity index (χ3n) is 8.20. The maximum absolute atomic E-state index is 13.2. The van der Waals surface area contributed by atoms with Crippen molar-refractivity contribution < 1.29 is 28.9 Å². The first-order valence-electron chi connectivity index (χ1n) is 16.7. The summed E-state index contributed by atoms with van der Waals surface area (Å²) in [7, 11) is 0. The Morgan fingerprint density at radius 1 is 0.980 bits per heavy atom. The Kier molecular flexibility index (Phi) is 12.7. The van der Waals surface area contributed by atoms with Crippen molar-refractivity contribution in [3.05, 3.63) is 106 Å². The van der Waals surface area contributed by atoms with Gasteiger partial charge < -0.3 is 24.6 Å². The summed E-state index contributed by atoms with van der Waals surface area (Å²) in [6.07, 6.45) is 2.52. The van der Waals surface area contributed by atoms with E-state index in [-0.39, 0.29) is 24.3 Å². The Labute approximate surface area is 294 Å². The summed E-state index contributed by atoms with van der Waals surface area (Å²) >= 11 is 6.21. The van der Waals surface area contributed by atoms with E-state index >= 15 is 0 Å². The lowest BCUT2D eigenvalue weighted by molar-refractivity contribution is -0.136. The van der Waals surface area contributed by atoms with Crippen LogP contribution in [0.2, 0.25) is 5.02 Å². The molecule has 0 atom stereocenters. The Hall–Kier alpha value is -4.14. The van der Waals surface area contributed by atoms with Crippen LogP contribution >= 0.6 is 11.6 Å². The van der Waals surface area contributed by atoms with Crippen LogP contribution in [0.1, 0.15) is 70.0 Å². The Morgan fingerprint density at radius 2 is 1.61 bits per heavy atom. The van der Waals surface area contributed by atoms with Gasteiger partial charge in [0.05, 0.1) is 30.0 Å². The van der Waals surface area contributed by atoms with Gasteiger partial charge in [0.1, 0.15) is 23.9 Å². The summed E-state index contributed by atoms with van der Waals surface area (Å²) < 4.78 is 25.4. The highest BCUT2D eigenvalue weighted by Crippen LogP contribution is 2.42. The zero-order valence-electron chi connectivity index (χ0n) is 29.4. The smallest absolute Gasteiger partial charge is 0.307 e. The van der Waals surface area contributed by atoms with Gasteiger partial charge in [-0.3, -0.25) is 9.78 Å². The molecule has 0 aliphatic carbocycles. The minimum atomic E-state index is -0.896. The number of aliphatic carboxylic acids is 1. The van der Waals surface area contributed by atoms with Crippen molar-refractivity contribution in [3.8, 4) is 22.6 Å². The number of halogens is 2. The molecule has 2 heterocycles. The number of anilines is 1. The molecular weight excluding hydrogens is 643 g/mol. The number of rotatable bonds is 11. The standard InChI is InChI=1S/C36H38ClFN2O4.C4H10O/c1-24-31(22-33(41)42)35(40-18-16-36(2,3)17-19-40)34(32(39-24)23-44-30-6-4-5-27(37)21-30)26-9-13-29(14-10-26)43-20-15-25-7-11-28(38)12-8-25;1-4(2,3)5/h4-14,21H,15-20,22-23H2,1-3H3,(H,41,42);5H,1-3H3. The minimum Gasteiger partial charge on any atom is -0.493 e. The number of ether oxygens (including phenoxy) is 2. The Morgan fingerprint density at radius 3 is 2.20 bits per heavy atom. The molecule has 1 aliphatic heterocycles. The van der Waals surface area contributed by atoms with E-state index in [1.807, 2.05) is 43.3 Å². The van der Waals surface area contributed by atoms with Gasteiger partial charge in [0, 0.05) is 41.4 Å². The second-order valence-corrected chi connectivity index (χ2v) is 14.7. The summed E-state index contributed by atoms with van der Waals surface area (Å²) in [5.41, 5.74) is 5.52. The van der Waals surface area contributed by atoms with E-state index in [2.05, 4.69) is 18.7 Å². The van der Waals surface area contributed by atoms with Gasteiger partial charge in [0.15, 0.2) is 0 Å². The van der Waals surface area contributed by atoms with E-state index < -0.39 is 11.6 Å². The van der Waals surface area contributed by atoms with E-state index in [1.165, 1.54) is 12.1 Å². The number of benzene rings is 3. The molecule has 1 aliphatic rings.